The largest absolute Gasteiger partial charge is 0.311 e. The average Bonchev–Trinajstić information content (AvgIpc) is 1.85. The second kappa shape index (κ2) is 5.22. The van der Waals surface area contributed by atoms with E-state index in [0.717, 1.165) is 18.9 Å². The highest BCUT2D eigenvalue weighted by Crippen LogP contribution is 2.07. The Balaban J connectivity index is 3.55. The van der Waals surface area contributed by atoms with Crippen LogP contribution in [0.5, 0.6) is 0 Å². The van der Waals surface area contributed by atoms with Crippen LogP contribution in [-0.2, 0) is 0 Å². The van der Waals surface area contributed by atoms with Gasteiger partial charge in [0.25, 0.3) is 0 Å². The van der Waals surface area contributed by atoms with E-state index in [2.05, 4.69) is 38.9 Å². The van der Waals surface area contributed by atoms with Crippen LogP contribution in [0.2, 0.25) is 0 Å². The highest BCUT2D eigenvalue weighted by atomic mass is 14.9. The fourth-order valence-electron chi connectivity index (χ4n) is 1.02. The lowest BCUT2D eigenvalue weighted by Gasteiger charge is -2.24. The zero-order valence-electron chi connectivity index (χ0n) is 8.78. The predicted molar refractivity (Wildman–Crippen MR) is 55.0 cm³/mol. The lowest BCUT2D eigenvalue weighted by atomic mass is 10.0. The van der Waals surface area contributed by atoms with Crippen molar-refractivity contribution >= 4 is 0 Å². The summed E-state index contributed by atoms with van der Waals surface area (Å²) in [4.78, 5) is 0. The maximum absolute atomic E-state index is 5.26. The van der Waals surface area contributed by atoms with Crippen molar-refractivity contribution in [3.8, 4) is 12.3 Å². The molecule has 0 aromatic heterocycles. The van der Waals surface area contributed by atoms with Crippen LogP contribution in [0.1, 0.15) is 40.5 Å². The molecule has 0 aliphatic rings. The van der Waals surface area contributed by atoms with E-state index in [9.17, 15) is 0 Å². The van der Waals surface area contributed by atoms with E-state index < -0.39 is 0 Å². The molecule has 0 aliphatic heterocycles. The first-order valence-electron chi connectivity index (χ1n) is 4.66. The molecule has 0 fully saturated rings. The molecule has 1 N–H and O–H groups in total. The molecule has 12 heavy (non-hydrogen) atoms. The Labute approximate surface area is 76.9 Å². The van der Waals surface area contributed by atoms with Crippen molar-refractivity contribution in [1.29, 1.82) is 0 Å². The van der Waals surface area contributed by atoms with Crippen LogP contribution in [0.4, 0.5) is 0 Å². The minimum absolute atomic E-state index is 0.101. The van der Waals surface area contributed by atoms with Gasteiger partial charge in [0.15, 0.2) is 0 Å². The Kier molecular flexibility index (Phi) is 5.01. The molecule has 0 bridgehead atoms. The highest BCUT2D eigenvalue weighted by Gasteiger charge is 2.14. The summed E-state index contributed by atoms with van der Waals surface area (Å²) in [5.74, 6) is 3.45. The van der Waals surface area contributed by atoms with Gasteiger partial charge in [-0.05, 0) is 32.7 Å². The lowest BCUT2D eigenvalue weighted by molar-refractivity contribution is 0.379. The zero-order valence-corrected chi connectivity index (χ0v) is 8.78. The van der Waals surface area contributed by atoms with Crippen LogP contribution >= 0.6 is 0 Å². The Morgan fingerprint density at radius 3 is 2.42 bits per heavy atom. The van der Waals surface area contributed by atoms with Gasteiger partial charge in [0.2, 0.25) is 0 Å². The molecule has 0 saturated carbocycles. The molecular weight excluding hydrogens is 146 g/mol. The molecule has 0 aromatic carbocycles. The molecule has 0 unspecified atom stereocenters. The predicted octanol–water partition coefficient (Wildman–Crippen LogP) is 2.42. The molecule has 0 spiro atoms. The Morgan fingerprint density at radius 1 is 1.42 bits per heavy atom. The first-order valence-corrected chi connectivity index (χ1v) is 4.66. The molecule has 1 heteroatoms. The fourth-order valence-corrected chi connectivity index (χ4v) is 1.02. The summed E-state index contributed by atoms with van der Waals surface area (Å²) in [5.41, 5.74) is 0.101. The second-order valence-electron chi connectivity index (χ2n) is 4.37. The molecule has 0 radical (unpaired) electrons. The second-order valence-corrected chi connectivity index (χ2v) is 4.37. The highest BCUT2D eigenvalue weighted by molar-refractivity contribution is 4.95. The fraction of sp³-hybridized carbons (Fsp3) is 0.818. The van der Waals surface area contributed by atoms with Gasteiger partial charge in [-0.25, -0.2) is 0 Å². The maximum atomic E-state index is 5.26. The number of hydrogen-bond donors (Lipinski definition) is 1. The molecule has 0 atom stereocenters. The van der Waals surface area contributed by atoms with Crippen LogP contribution in [0.25, 0.3) is 0 Å². The van der Waals surface area contributed by atoms with Gasteiger partial charge in [-0.3, -0.25) is 0 Å². The topological polar surface area (TPSA) is 12.0 Å². The monoisotopic (exact) mass is 167 g/mol. The van der Waals surface area contributed by atoms with Gasteiger partial charge < -0.3 is 5.32 Å². The number of hydrogen-bond acceptors (Lipinski definition) is 1. The summed E-state index contributed by atoms with van der Waals surface area (Å²) < 4.78 is 0. The van der Waals surface area contributed by atoms with Crippen LogP contribution in [-0.4, -0.2) is 12.1 Å². The number of terminal acetylenes is 1. The molecule has 0 aliphatic carbocycles. The summed E-state index contributed by atoms with van der Waals surface area (Å²) in [6, 6.07) is 0. The van der Waals surface area contributed by atoms with Gasteiger partial charge in [-0.2, -0.15) is 0 Å². The molecule has 70 valence electrons. The molecule has 0 amide bonds. The van der Waals surface area contributed by atoms with Crippen LogP contribution in [0, 0.1) is 18.3 Å². The first-order chi connectivity index (χ1) is 5.48. The molecule has 0 rings (SSSR count). The van der Waals surface area contributed by atoms with E-state index in [1.54, 1.807) is 0 Å². The van der Waals surface area contributed by atoms with E-state index in [4.69, 9.17) is 6.42 Å². The number of rotatable bonds is 5. The van der Waals surface area contributed by atoms with E-state index in [1.807, 2.05) is 0 Å². The van der Waals surface area contributed by atoms with Crippen LogP contribution in [0.3, 0.4) is 0 Å². The van der Waals surface area contributed by atoms with Gasteiger partial charge in [0, 0.05) is 12.0 Å². The normalized spacial score (nSPS) is 11.7. The minimum atomic E-state index is 0.101. The molecule has 0 heterocycles. The van der Waals surface area contributed by atoms with Crippen molar-refractivity contribution in [2.24, 2.45) is 5.92 Å². The summed E-state index contributed by atoms with van der Waals surface area (Å²) in [5, 5.41) is 3.45. The summed E-state index contributed by atoms with van der Waals surface area (Å²) in [6.07, 6.45) is 7.27. The third-order valence-electron chi connectivity index (χ3n) is 1.87. The van der Waals surface area contributed by atoms with Gasteiger partial charge in [0.05, 0.1) is 0 Å². The van der Waals surface area contributed by atoms with Gasteiger partial charge in [-0.15, -0.1) is 12.3 Å². The SMILES string of the molecule is C#CCC(C)(C)NCCC(C)C. The van der Waals surface area contributed by atoms with Crippen molar-refractivity contribution in [3.63, 3.8) is 0 Å². The summed E-state index contributed by atoms with van der Waals surface area (Å²) in [7, 11) is 0. The Bertz CT molecular complexity index is 151. The van der Waals surface area contributed by atoms with Crippen molar-refractivity contribution < 1.29 is 0 Å². The first kappa shape index (κ1) is 11.5. The minimum Gasteiger partial charge on any atom is -0.311 e. The molecule has 0 aromatic rings. The zero-order chi connectivity index (χ0) is 9.61. The van der Waals surface area contributed by atoms with E-state index in [1.165, 1.54) is 6.42 Å². The lowest BCUT2D eigenvalue weighted by Crippen LogP contribution is -2.39. The maximum Gasteiger partial charge on any atom is 0.0264 e. The third kappa shape index (κ3) is 6.24. The number of nitrogens with one attached hydrogen (secondary N) is 1. The van der Waals surface area contributed by atoms with E-state index in [-0.39, 0.29) is 5.54 Å². The van der Waals surface area contributed by atoms with Crippen LogP contribution in [0.15, 0.2) is 0 Å². The standard InChI is InChI=1S/C11H21N/c1-6-8-11(4,5)12-9-7-10(2)3/h1,10,12H,7-9H2,2-5H3. The molecule has 1 nitrogen and oxygen atoms in total. The van der Waals surface area contributed by atoms with Crippen molar-refractivity contribution in [2.45, 2.75) is 46.1 Å². The van der Waals surface area contributed by atoms with Crippen LogP contribution < -0.4 is 5.32 Å². The third-order valence-corrected chi connectivity index (χ3v) is 1.87. The van der Waals surface area contributed by atoms with Crippen molar-refractivity contribution in [1.82, 2.24) is 5.32 Å². The van der Waals surface area contributed by atoms with E-state index >= 15 is 0 Å². The van der Waals surface area contributed by atoms with Gasteiger partial charge in [0.1, 0.15) is 0 Å². The average molecular weight is 167 g/mol. The quantitative estimate of drug-likeness (QED) is 0.620. The Hall–Kier alpha value is -0.480. The molecular formula is C11H21N. The summed E-state index contributed by atoms with van der Waals surface area (Å²) in [6.45, 7) is 9.82. The van der Waals surface area contributed by atoms with Gasteiger partial charge in [-0.1, -0.05) is 13.8 Å². The summed E-state index contributed by atoms with van der Waals surface area (Å²) >= 11 is 0. The van der Waals surface area contributed by atoms with Crippen molar-refractivity contribution in [3.05, 3.63) is 0 Å². The van der Waals surface area contributed by atoms with E-state index in [0.29, 0.717) is 0 Å². The Morgan fingerprint density at radius 2 is 2.00 bits per heavy atom. The smallest absolute Gasteiger partial charge is 0.0264 e. The van der Waals surface area contributed by atoms with Gasteiger partial charge >= 0.3 is 0 Å². The van der Waals surface area contributed by atoms with Crippen molar-refractivity contribution in [2.75, 3.05) is 6.54 Å². The molecule has 0 saturated heterocycles.